The van der Waals surface area contributed by atoms with E-state index in [-0.39, 0.29) is 11.9 Å². The molecule has 41 heavy (non-hydrogen) atoms. The van der Waals surface area contributed by atoms with Gasteiger partial charge in [-0.05, 0) is 12.8 Å². The molecule has 1 N–H and O–H groups in total. The predicted octanol–water partition coefficient (Wildman–Crippen LogP) is 8.13. The number of likely N-dealkylation sites (N-methyl/N-ethyl adjacent to an activating group) is 1. The highest BCUT2D eigenvalue weighted by molar-refractivity contribution is 5.75. The van der Waals surface area contributed by atoms with Crippen LogP contribution in [0.25, 0.3) is 0 Å². The molecule has 0 heterocycles. The average molecular weight is 586 g/mol. The summed E-state index contributed by atoms with van der Waals surface area (Å²) in [4.78, 5) is 33.1. The first-order chi connectivity index (χ1) is 19.8. The van der Waals surface area contributed by atoms with Gasteiger partial charge in [0.05, 0.1) is 34.3 Å². The molecule has 0 saturated heterocycles. The van der Waals surface area contributed by atoms with Gasteiger partial charge in [0, 0.05) is 12.8 Å². The molecule has 0 aliphatic rings. The second kappa shape index (κ2) is 32.9. The fraction of sp³-hybridized carbons (Fsp3) is 0.912. The Morgan fingerprint density at radius 2 is 1.02 bits per heavy atom. The summed E-state index contributed by atoms with van der Waals surface area (Å²) in [6, 6.07) is 0. The van der Waals surface area contributed by atoms with Crippen LogP contribution in [0.5, 0.6) is 0 Å². The smallest absolute Gasteiger partial charge is 0.305 e. The molecule has 0 aromatic heterocycles. The Labute approximate surface area is 254 Å². The van der Waals surface area contributed by atoms with Crippen molar-refractivity contribution >= 4 is 18.3 Å². The highest BCUT2D eigenvalue weighted by Gasteiger charge is 2.16. The molecule has 0 fully saturated rings. The van der Waals surface area contributed by atoms with Crippen LogP contribution in [0.15, 0.2) is 0 Å². The Morgan fingerprint density at radius 1 is 0.634 bits per heavy atom. The maximum absolute atomic E-state index is 12.1. The maximum Gasteiger partial charge on any atom is 0.305 e. The van der Waals surface area contributed by atoms with Gasteiger partial charge >= 0.3 is 5.97 Å². The largest absolute Gasteiger partial charge is 0.471 e. The molecule has 7 nitrogen and oxygen atoms in total. The normalized spacial score (nSPS) is 11.0. The Hall–Kier alpha value is -1.63. The number of esters is 1. The van der Waals surface area contributed by atoms with E-state index in [0.717, 1.165) is 43.3 Å². The van der Waals surface area contributed by atoms with Crippen molar-refractivity contribution in [2.75, 3.05) is 47.4 Å². The zero-order chi connectivity index (χ0) is 30.9. The van der Waals surface area contributed by atoms with E-state index in [1.165, 1.54) is 110 Å². The Morgan fingerprint density at radius 3 is 1.44 bits per heavy atom. The van der Waals surface area contributed by atoms with E-state index in [4.69, 9.17) is 9.53 Å². The van der Waals surface area contributed by atoms with Crippen molar-refractivity contribution in [2.24, 2.45) is 0 Å². The van der Waals surface area contributed by atoms with Crippen molar-refractivity contribution < 1.29 is 28.3 Å². The molecule has 0 radical (unpaired) electrons. The molecule has 0 spiro atoms. The van der Waals surface area contributed by atoms with E-state index in [9.17, 15) is 9.59 Å². The monoisotopic (exact) mass is 586 g/mol. The molecule has 0 saturated carbocycles. The van der Waals surface area contributed by atoms with Gasteiger partial charge in [-0.25, -0.2) is 0 Å². The highest BCUT2D eigenvalue weighted by atomic mass is 16.5. The van der Waals surface area contributed by atoms with Crippen LogP contribution in [-0.2, 0) is 23.9 Å². The number of amides is 1. The molecular formula is C34H69N2O5+. The third kappa shape index (κ3) is 36.3. The van der Waals surface area contributed by atoms with Crippen LogP contribution in [0.1, 0.15) is 155 Å². The van der Waals surface area contributed by atoms with Crippen molar-refractivity contribution in [2.45, 2.75) is 155 Å². The molecule has 0 aliphatic heterocycles. The minimum Gasteiger partial charge on any atom is -0.471 e. The van der Waals surface area contributed by atoms with E-state index < -0.39 is 0 Å². The fourth-order valence-corrected chi connectivity index (χ4v) is 4.71. The predicted molar refractivity (Wildman–Crippen MR) is 172 cm³/mol. The molecule has 0 atom stereocenters. The number of carbonyl (C=O) groups excluding carboxylic acids is 3. The van der Waals surface area contributed by atoms with Gasteiger partial charge in [0.1, 0.15) is 13.2 Å². The zero-order valence-corrected chi connectivity index (χ0v) is 28.0. The second-order valence-corrected chi connectivity index (χ2v) is 12.1. The third-order valence-corrected chi connectivity index (χ3v) is 7.59. The quantitative estimate of drug-likeness (QED) is 0.0415. The number of hydrogen-bond donors (Lipinski definition) is 1. The molecule has 0 rings (SSSR count). The van der Waals surface area contributed by atoms with Crippen molar-refractivity contribution in [1.29, 1.82) is 0 Å². The molecule has 0 aromatic rings. The second-order valence-electron chi connectivity index (χ2n) is 12.1. The summed E-state index contributed by atoms with van der Waals surface area (Å²) in [5.41, 5.74) is 0. The number of nitrogens with one attached hydrogen (secondary N) is 1. The number of unbranched alkanes of at least 4 members (excludes halogenated alkanes) is 18. The van der Waals surface area contributed by atoms with Gasteiger partial charge in [-0.2, -0.15) is 0 Å². The number of ether oxygens (including phenoxy) is 2. The van der Waals surface area contributed by atoms with Gasteiger partial charge in [-0.3, -0.25) is 14.4 Å². The van der Waals surface area contributed by atoms with Gasteiger partial charge in [-0.1, -0.05) is 129 Å². The third-order valence-electron chi connectivity index (χ3n) is 7.59. The van der Waals surface area contributed by atoms with Crippen LogP contribution in [0.3, 0.4) is 0 Å². The number of nitrogens with zero attached hydrogens (tertiary/aromatic N) is 1. The fourth-order valence-electron chi connectivity index (χ4n) is 4.71. The molecule has 0 aromatic carbocycles. The highest BCUT2D eigenvalue weighted by Crippen LogP contribution is 2.12. The lowest BCUT2D eigenvalue weighted by molar-refractivity contribution is -0.889. The molecule has 244 valence electrons. The van der Waals surface area contributed by atoms with Gasteiger partial charge in [-0.15, -0.1) is 0 Å². The Balaban J connectivity index is 0. The van der Waals surface area contributed by atoms with Crippen LogP contribution in [-0.4, -0.2) is 70.3 Å². The lowest BCUT2D eigenvalue weighted by atomic mass is 10.1. The van der Waals surface area contributed by atoms with Crippen LogP contribution < -0.4 is 5.32 Å². The zero-order valence-electron chi connectivity index (χ0n) is 28.0. The molecule has 0 unspecified atom stereocenters. The summed E-state index contributed by atoms with van der Waals surface area (Å²) >= 11 is 0. The van der Waals surface area contributed by atoms with E-state index in [2.05, 4.69) is 38.0 Å². The minimum atomic E-state index is -0.0654. The average Bonchev–Trinajstić information content (AvgIpc) is 2.95. The lowest BCUT2D eigenvalue weighted by Crippen LogP contribution is -2.47. The van der Waals surface area contributed by atoms with E-state index in [1.807, 2.05) is 0 Å². The summed E-state index contributed by atoms with van der Waals surface area (Å²) in [6.45, 7) is 7.65. The van der Waals surface area contributed by atoms with Gasteiger partial charge < -0.3 is 19.3 Å². The van der Waals surface area contributed by atoms with Crippen LogP contribution in [0.4, 0.5) is 0 Å². The number of methoxy groups -OCH3 is 1. The summed E-state index contributed by atoms with van der Waals surface area (Å²) in [5, 5.41) is 3.07. The molecule has 0 aliphatic carbocycles. The SMILES string of the molecule is CCCCCCCCCCCCC(=O)NCC[N+](C)(C)CCOC(=O)CCCCCCCCCCCC.COC=O. The number of carbonyl (C=O) groups is 3. The van der Waals surface area contributed by atoms with Gasteiger partial charge in [0.2, 0.25) is 5.91 Å². The van der Waals surface area contributed by atoms with Crippen molar-refractivity contribution in [3.05, 3.63) is 0 Å². The molecule has 1 amide bonds. The van der Waals surface area contributed by atoms with Crippen LogP contribution in [0.2, 0.25) is 0 Å². The number of hydrogen-bond acceptors (Lipinski definition) is 5. The summed E-state index contributed by atoms with van der Waals surface area (Å²) in [7, 11) is 5.57. The van der Waals surface area contributed by atoms with E-state index in [0.29, 0.717) is 32.5 Å². The maximum atomic E-state index is 12.1. The summed E-state index contributed by atoms with van der Waals surface area (Å²) in [6.07, 6.45) is 26.8. The first-order valence-corrected chi connectivity index (χ1v) is 17.0. The van der Waals surface area contributed by atoms with Crippen LogP contribution >= 0.6 is 0 Å². The van der Waals surface area contributed by atoms with Crippen molar-refractivity contribution in [1.82, 2.24) is 5.32 Å². The molecule has 7 heteroatoms. The minimum absolute atomic E-state index is 0.0654. The topological polar surface area (TPSA) is 81.7 Å². The first-order valence-electron chi connectivity index (χ1n) is 17.0. The summed E-state index contributed by atoms with van der Waals surface area (Å²) in [5.74, 6) is 0.104. The first kappa shape index (κ1) is 41.5. The van der Waals surface area contributed by atoms with Crippen LogP contribution in [0, 0.1) is 0 Å². The summed E-state index contributed by atoms with van der Waals surface area (Å²) < 4.78 is 10.1. The number of rotatable bonds is 29. The Bertz CT molecular complexity index is 539. The Kier molecular flexibility index (Phi) is 33.3. The van der Waals surface area contributed by atoms with E-state index in [1.54, 1.807) is 0 Å². The van der Waals surface area contributed by atoms with Gasteiger partial charge in [0.15, 0.2) is 0 Å². The number of quaternary nitrogens is 1. The standard InChI is InChI=1S/C32H64N2O3.C2H4O2/c1-5-7-9-11-13-15-17-19-21-23-25-31(35)33-27-28-34(3,4)29-30-37-32(36)26-24-22-20-18-16-14-12-10-8-6-2;1-4-2-3/h5-30H2,1-4H3;2H,1H3/p+1. The molecular weight excluding hydrogens is 516 g/mol. The van der Waals surface area contributed by atoms with Gasteiger partial charge in [0.25, 0.3) is 6.47 Å². The van der Waals surface area contributed by atoms with Crippen molar-refractivity contribution in [3.8, 4) is 0 Å². The molecule has 0 bridgehead atoms. The lowest BCUT2D eigenvalue weighted by Gasteiger charge is -2.29. The van der Waals surface area contributed by atoms with Crippen molar-refractivity contribution in [3.63, 3.8) is 0 Å². The van der Waals surface area contributed by atoms with E-state index >= 15 is 0 Å².